The fourth-order valence-electron chi connectivity index (χ4n) is 2.99. The maximum atomic E-state index is 5.05. The first-order valence-electron chi connectivity index (χ1n) is 8.60. The van der Waals surface area contributed by atoms with Crippen molar-refractivity contribution in [1.82, 2.24) is 0 Å². The van der Waals surface area contributed by atoms with Gasteiger partial charge in [-0.1, -0.05) is 84.9 Å². The van der Waals surface area contributed by atoms with Crippen molar-refractivity contribution < 1.29 is 0 Å². The highest BCUT2D eigenvalue weighted by Crippen LogP contribution is 2.28. The Kier molecular flexibility index (Phi) is 5.25. The molecular formula is C24H23N. The van der Waals surface area contributed by atoms with Gasteiger partial charge in [-0.05, 0) is 43.0 Å². The van der Waals surface area contributed by atoms with E-state index in [1.165, 1.54) is 22.3 Å². The lowest BCUT2D eigenvalue weighted by Gasteiger charge is -2.12. The van der Waals surface area contributed by atoms with E-state index in [0.717, 1.165) is 17.0 Å². The Morgan fingerprint density at radius 3 is 1.76 bits per heavy atom. The summed E-state index contributed by atoms with van der Waals surface area (Å²) in [5.74, 6) is 0. The van der Waals surface area contributed by atoms with Crippen LogP contribution in [0.4, 0.5) is 0 Å². The zero-order valence-corrected chi connectivity index (χ0v) is 15.0. The van der Waals surface area contributed by atoms with E-state index in [4.69, 9.17) is 4.99 Å². The lowest BCUT2D eigenvalue weighted by molar-refractivity contribution is 1.40. The number of rotatable bonds is 4. The lowest BCUT2D eigenvalue weighted by atomic mass is 10.00. The molecular weight excluding hydrogens is 302 g/mol. The maximum Gasteiger partial charge on any atom is 0.0740 e. The molecule has 1 nitrogen and oxygen atoms in total. The van der Waals surface area contributed by atoms with Crippen molar-refractivity contribution in [2.75, 3.05) is 0 Å². The van der Waals surface area contributed by atoms with Crippen molar-refractivity contribution in [1.29, 1.82) is 0 Å². The highest BCUT2D eigenvalue weighted by molar-refractivity contribution is 6.05. The predicted octanol–water partition coefficient (Wildman–Crippen LogP) is 6.39. The molecule has 0 unspecified atom stereocenters. The number of aryl methyl sites for hydroxylation is 1. The van der Waals surface area contributed by atoms with E-state index in [-0.39, 0.29) is 0 Å². The van der Waals surface area contributed by atoms with E-state index in [1.807, 2.05) is 12.1 Å². The molecule has 0 atom stereocenters. The van der Waals surface area contributed by atoms with Crippen molar-refractivity contribution in [2.45, 2.75) is 20.8 Å². The highest BCUT2D eigenvalue weighted by Gasteiger charge is 2.09. The molecule has 124 valence electrons. The first-order chi connectivity index (χ1) is 12.2. The van der Waals surface area contributed by atoms with Gasteiger partial charge in [0.25, 0.3) is 0 Å². The lowest BCUT2D eigenvalue weighted by Crippen LogP contribution is -1.99. The minimum absolute atomic E-state index is 1.02. The van der Waals surface area contributed by atoms with Crippen LogP contribution >= 0.6 is 0 Å². The van der Waals surface area contributed by atoms with E-state index in [9.17, 15) is 0 Å². The van der Waals surface area contributed by atoms with Crippen LogP contribution in [0.25, 0.3) is 11.3 Å². The predicted molar refractivity (Wildman–Crippen MR) is 109 cm³/mol. The summed E-state index contributed by atoms with van der Waals surface area (Å²) in [5, 5.41) is 0. The van der Waals surface area contributed by atoms with Gasteiger partial charge in [0, 0.05) is 11.3 Å². The molecule has 1 heteroatoms. The second-order valence-electron chi connectivity index (χ2n) is 6.22. The van der Waals surface area contributed by atoms with Crippen LogP contribution in [0, 0.1) is 6.92 Å². The van der Waals surface area contributed by atoms with Crippen molar-refractivity contribution in [3.63, 3.8) is 0 Å². The topological polar surface area (TPSA) is 12.4 Å². The monoisotopic (exact) mass is 325 g/mol. The summed E-state index contributed by atoms with van der Waals surface area (Å²) in [6, 6.07) is 29.3. The molecule has 3 aromatic rings. The molecule has 0 saturated carbocycles. The SMILES string of the molecule is CC(=N/C(=C(\C)c1ccccc1)c1ccccc1)c1ccccc1C. The minimum Gasteiger partial charge on any atom is -0.252 e. The molecule has 25 heavy (non-hydrogen) atoms. The minimum atomic E-state index is 1.02. The van der Waals surface area contributed by atoms with Crippen LogP contribution in [-0.4, -0.2) is 5.71 Å². The van der Waals surface area contributed by atoms with Crippen molar-refractivity contribution in [2.24, 2.45) is 4.99 Å². The molecule has 3 aromatic carbocycles. The molecule has 0 aromatic heterocycles. The zero-order chi connectivity index (χ0) is 17.6. The van der Waals surface area contributed by atoms with Crippen LogP contribution in [-0.2, 0) is 0 Å². The van der Waals surface area contributed by atoms with Crippen molar-refractivity contribution >= 4 is 17.0 Å². The van der Waals surface area contributed by atoms with Gasteiger partial charge in [0.2, 0.25) is 0 Å². The number of hydrogen-bond acceptors (Lipinski definition) is 1. The highest BCUT2D eigenvalue weighted by atomic mass is 14.8. The second kappa shape index (κ2) is 7.76. The van der Waals surface area contributed by atoms with Crippen molar-refractivity contribution in [3.8, 4) is 0 Å². The summed E-state index contributed by atoms with van der Waals surface area (Å²) in [6.07, 6.45) is 0. The molecule has 0 fully saturated rings. The fourth-order valence-corrected chi connectivity index (χ4v) is 2.99. The number of hydrogen-bond donors (Lipinski definition) is 0. The number of aliphatic imine (C=N–C) groups is 1. The first kappa shape index (κ1) is 16.9. The van der Waals surface area contributed by atoms with E-state index < -0.39 is 0 Å². The number of allylic oxidation sites excluding steroid dienone is 1. The molecule has 0 saturated heterocycles. The quantitative estimate of drug-likeness (QED) is 0.389. The van der Waals surface area contributed by atoms with Gasteiger partial charge < -0.3 is 0 Å². The van der Waals surface area contributed by atoms with E-state index in [0.29, 0.717) is 0 Å². The summed E-state index contributed by atoms with van der Waals surface area (Å²) in [5.41, 5.74) is 8.00. The molecule has 0 radical (unpaired) electrons. The van der Waals surface area contributed by atoms with Crippen LogP contribution in [0.5, 0.6) is 0 Å². The van der Waals surface area contributed by atoms with Gasteiger partial charge in [0.05, 0.1) is 5.70 Å². The molecule has 0 N–H and O–H groups in total. The normalized spacial score (nSPS) is 12.7. The Morgan fingerprint density at radius 1 is 0.640 bits per heavy atom. The van der Waals surface area contributed by atoms with Gasteiger partial charge in [0.1, 0.15) is 0 Å². The van der Waals surface area contributed by atoms with E-state index in [2.05, 4.69) is 93.6 Å². The van der Waals surface area contributed by atoms with Gasteiger partial charge >= 0.3 is 0 Å². The third kappa shape index (κ3) is 3.95. The van der Waals surface area contributed by atoms with Crippen LogP contribution in [0.2, 0.25) is 0 Å². The van der Waals surface area contributed by atoms with Gasteiger partial charge in [-0.25, -0.2) is 0 Å². The number of nitrogens with zero attached hydrogens (tertiary/aromatic N) is 1. The Balaban J connectivity index is 2.16. The Labute approximate surface area is 150 Å². The van der Waals surface area contributed by atoms with Crippen LogP contribution in [0.3, 0.4) is 0 Å². The molecule has 0 aliphatic heterocycles. The fraction of sp³-hybridized carbons (Fsp3) is 0.125. The maximum absolute atomic E-state index is 5.05. The average Bonchev–Trinajstić information content (AvgIpc) is 2.67. The Morgan fingerprint density at radius 2 is 1.16 bits per heavy atom. The third-order valence-electron chi connectivity index (χ3n) is 4.42. The van der Waals surface area contributed by atoms with Gasteiger partial charge in [-0.3, -0.25) is 4.99 Å². The summed E-state index contributed by atoms with van der Waals surface area (Å²) in [7, 11) is 0. The summed E-state index contributed by atoms with van der Waals surface area (Å²) in [4.78, 5) is 5.05. The molecule has 0 bridgehead atoms. The largest absolute Gasteiger partial charge is 0.252 e. The number of benzene rings is 3. The van der Waals surface area contributed by atoms with Gasteiger partial charge in [-0.15, -0.1) is 0 Å². The Hall–Kier alpha value is -2.93. The third-order valence-corrected chi connectivity index (χ3v) is 4.42. The van der Waals surface area contributed by atoms with Crippen molar-refractivity contribution in [3.05, 3.63) is 107 Å². The smallest absolute Gasteiger partial charge is 0.0740 e. The van der Waals surface area contributed by atoms with Crippen LogP contribution in [0.1, 0.15) is 36.1 Å². The van der Waals surface area contributed by atoms with E-state index in [1.54, 1.807) is 0 Å². The molecule has 0 aliphatic rings. The van der Waals surface area contributed by atoms with Crippen LogP contribution < -0.4 is 0 Å². The average molecular weight is 325 g/mol. The summed E-state index contributed by atoms with van der Waals surface area (Å²) >= 11 is 0. The molecule has 0 heterocycles. The molecule has 0 amide bonds. The zero-order valence-electron chi connectivity index (χ0n) is 15.0. The summed E-state index contributed by atoms with van der Waals surface area (Å²) in [6.45, 7) is 6.36. The first-order valence-corrected chi connectivity index (χ1v) is 8.60. The standard InChI is InChI=1S/C24H23N/c1-18-12-10-11-17-23(18)20(3)25-24(22-15-8-5-9-16-22)19(2)21-13-6-4-7-14-21/h4-17H,1-3H3/b24-19+,25-20?. The van der Waals surface area contributed by atoms with E-state index >= 15 is 0 Å². The molecule has 3 rings (SSSR count). The second-order valence-corrected chi connectivity index (χ2v) is 6.22. The van der Waals surface area contributed by atoms with Gasteiger partial charge in [0.15, 0.2) is 0 Å². The van der Waals surface area contributed by atoms with Crippen LogP contribution in [0.15, 0.2) is 89.9 Å². The molecule has 0 spiro atoms. The summed E-state index contributed by atoms with van der Waals surface area (Å²) < 4.78 is 0. The Bertz CT molecular complexity index is 903. The molecule has 0 aliphatic carbocycles. The van der Waals surface area contributed by atoms with Gasteiger partial charge in [-0.2, -0.15) is 0 Å².